The van der Waals surface area contributed by atoms with Crippen LogP contribution in [0.5, 0.6) is 0 Å². The van der Waals surface area contributed by atoms with E-state index in [1.807, 2.05) is 12.2 Å². The molecule has 1 heterocycles. The van der Waals surface area contributed by atoms with Crippen LogP contribution in [0, 0.1) is 0 Å². The van der Waals surface area contributed by atoms with Crippen molar-refractivity contribution in [2.45, 2.75) is 18.9 Å². The number of rotatable bonds is 6. The van der Waals surface area contributed by atoms with Gasteiger partial charge < -0.3 is 15.3 Å². The maximum atomic E-state index is 11.2. The molecule has 1 aliphatic carbocycles. The molecule has 2 rings (SSSR count). The van der Waals surface area contributed by atoms with Crippen molar-refractivity contribution in [3.8, 4) is 0 Å². The topological polar surface area (TPSA) is 101 Å². The first kappa shape index (κ1) is 14.5. The van der Waals surface area contributed by atoms with Crippen molar-refractivity contribution in [3.05, 3.63) is 22.2 Å². The summed E-state index contributed by atoms with van der Waals surface area (Å²) in [7, 11) is 0. The Morgan fingerprint density at radius 2 is 2.50 bits per heavy atom. The molecule has 20 heavy (non-hydrogen) atoms. The van der Waals surface area contributed by atoms with Gasteiger partial charge in [-0.1, -0.05) is 34.2 Å². The van der Waals surface area contributed by atoms with E-state index in [0.29, 0.717) is 6.41 Å². The lowest BCUT2D eigenvalue weighted by Crippen LogP contribution is -2.17. The first-order chi connectivity index (χ1) is 9.61. The lowest BCUT2D eigenvalue weighted by Gasteiger charge is -2.05. The quantitative estimate of drug-likeness (QED) is 0.361. The average molecular weight is 316 g/mol. The first-order valence-corrected chi connectivity index (χ1v) is 6.82. The summed E-state index contributed by atoms with van der Waals surface area (Å²) in [6.45, 7) is 0. The summed E-state index contributed by atoms with van der Waals surface area (Å²) >= 11 is 6.84. The molecule has 0 spiro atoms. The third-order valence-electron chi connectivity index (χ3n) is 2.44. The zero-order valence-corrected chi connectivity index (χ0v) is 11.6. The van der Waals surface area contributed by atoms with Gasteiger partial charge in [-0.2, -0.15) is 0 Å². The highest BCUT2D eigenvalue weighted by Crippen LogP contribution is 2.28. The standard InChI is InChI=1S/C11H10ClN3O4S/c12-9-7(14-11(20-9)13-5-16)8(10(17)18)15-19-6-3-1-2-4-6/h1,3,5-6H,2,4H2,(H,17,18)(H,13,14,16)/b15-8-. The fourth-order valence-electron chi connectivity index (χ4n) is 1.56. The van der Waals surface area contributed by atoms with Gasteiger partial charge in [0.1, 0.15) is 16.1 Å². The lowest BCUT2D eigenvalue weighted by atomic mass is 10.3. The van der Waals surface area contributed by atoms with Gasteiger partial charge in [0.2, 0.25) is 12.1 Å². The number of amides is 1. The largest absolute Gasteiger partial charge is 0.476 e. The molecule has 1 aromatic rings. The highest BCUT2D eigenvalue weighted by atomic mass is 35.5. The Balaban J connectivity index is 2.23. The number of carbonyl (C=O) groups is 2. The van der Waals surface area contributed by atoms with Gasteiger partial charge in [-0.3, -0.25) is 4.79 Å². The predicted molar refractivity (Wildman–Crippen MR) is 74.2 cm³/mol. The van der Waals surface area contributed by atoms with Gasteiger partial charge in [-0.05, 0) is 18.9 Å². The van der Waals surface area contributed by atoms with Crippen molar-refractivity contribution in [2.75, 3.05) is 5.32 Å². The third-order valence-corrected chi connectivity index (χ3v) is 3.63. The van der Waals surface area contributed by atoms with Gasteiger partial charge in [-0.15, -0.1) is 0 Å². The minimum absolute atomic E-state index is 0.0320. The molecular weight excluding hydrogens is 306 g/mol. The van der Waals surface area contributed by atoms with Crippen LogP contribution >= 0.6 is 22.9 Å². The SMILES string of the molecule is O=CNc1nc(/C(=N/OC2C=CCC2)C(=O)O)c(Cl)s1. The van der Waals surface area contributed by atoms with Crippen molar-refractivity contribution in [1.29, 1.82) is 0 Å². The number of allylic oxidation sites excluding steroid dienone is 1. The maximum Gasteiger partial charge on any atom is 0.360 e. The number of carboxylic acids is 1. The number of oxime groups is 1. The zero-order valence-electron chi connectivity index (χ0n) is 10.1. The van der Waals surface area contributed by atoms with E-state index in [1.54, 1.807) is 0 Å². The zero-order chi connectivity index (χ0) is 14.5. The van der Waals surface area contributed by atoms with E-state index < -0.39 is 11.7 Å². The normalized spacial score (nSPS) is 18.1. The molecule has 1 aliphatic rings. The van der Waals surface area contributed by atoms with E-state index in [2.05, 4.69) is 15.5 Å². The molecule has 0 bridgehead atoms. The van der Waals surface area contributed by atoms with Crippen LogP contribution in [0.25, 0.3) is 0 Å². The van der Waals surface area contributed by atoms with Crippen molar-refractivity contribution in [1.82, 2.24) is 4.98 Å². The molecule has 0 aromatic carbocycles. The van der Waals surface area contributed by atoms with Crippen LogP contribution in [0.1, 0.15) is 18.5 Å². The van der Waals surface area contributed by atoms with Gasteiger partial charge in [0.25, 0.3) is 0 Å². The second-order valence-corrected chi connectivity index (χ2v) is 5.40. The third kappa shape index (κ3) is 3.34. The number of thiazole rings is 1. The van der Waals surface area contributed by atoms with E-state index in [-0.39, 0.29) is 21.3 Å². The summed E-state index contributed by atoms with van der Waals surface area (Å²) in [5.41, 5.74) is -0.430. The molecule has 9 heteroatoms. The second kappa shape index (κ2) is 6.49. The van der Waals surface area contributed by atoms with Crippen molar-refractivity contribution >= 4 is 46.2 Å². The molecule has 0 saturated carbocycles. The van der Waals surface area contributed by atoms with Crippen LogP contribution in [0.2, 0.25) is 4.34 Å². The molecule has 0 aliphatic heterocycles. The second-order valence-electron chi connectivity index (χ2n) is 3.80. The monoisotopic (exact) mass is 315 g/mol. The predicted octanol–water partition coefficient (Wildman–Crippen LogP) is 1.89. The van der Waals surface area contributed by atoms with E-state index in [1.165, 1.54) is 0 Å². The van der Waals surface area contributed by atoms with Crippen LogP contribution in [0.15, 0.2) is 17.3 Å². The molecule has 0 radical (unpaired) electrons. The van der Waals surface area contributed by atoms with Crippen molar-refractivity contribution in [3.63, 3.8) is 0 Å². The molecule has 1 amide bonds. The summed E-state index contributed by atoms with van der Waals surface area (Å²) in [5, 5.41) is 15.3. The number of anilines is 1. The lowest BCUT2D eigenvalue weighted by molar-refractivity contribution is -0.129. The first-order valence-electron chi connectivity index (χ1n) is 5.62. The number of aromatic nitrogens is 1. The van der Waals surface area contributed by atoms with Crippen molar-refractivity contribution < 1.29 is 19.5 Å². The Morgan fingerprint density at radius 1 is 1.70 bits per heavy atom. The van der Waals surface area contributed by atoms with Crippen LogP contribution in [-0.4, -0.2) is 34.3 Å². The summed E-state index contributed by atoms with van der Waals surface area (Å²) in [6, 6.07) is 0. The fourth-order valence-corrected chi connectivity index (χ4v) is 2.56. The Bertz CT molecular complexity index is 584. The highest BCUT2D eigenvalue weighted by molar-refractivity contribution is 7.20. The Hall–Kier alpha value is -1.93. The summed E-state index contributed by atoms with van der Waals surface area (Å²) in [6.07, 6.45) is 5.55. The Kier molecular flexibility index (Phi) is 4.70. The van der Waals surface area contributed by atoms with Gasteiger partial charge >= 0.3 is 5.97 Å². The van der Waals surface area contributed by atoms with Crippen LogP contribution in [-0.2, 0) is 14.4 Å². The molecule has 1 unspecified atom stereocenters. The molecule has 1 atom stereocenters. The molecule has 7 nitrogen and oxygen atoms in total. The number of halogens is 1. The highest BCUT2D eigenvalue weighted by Gasteiger charge is 2.23. The molecule has 0 saturated heterocycles. The number of carbonyl (C=O) groups excluding carboxylic acids is 1. The fraction of sp³-hybridized carbons (Fsp3) is 0.273. The number of hydrogen-bond acceptors (Lipinski definition) is 6. The summed E-state index contributed by atoms with van der Waals surface area (Å²) < 4.78 is 0.112. The number of aliphatic carboxylic acids is 1. The summed E-state index contributed by atoms with van der Waals surface area (Å²) in [5.74, 6) is -1.31. The van der Waals surface area contributed by atoms with Crippen LogP contribution in [0.3, 0.4) is 0 Å². The number of hydrogen-bond donors (Lipinski definition) is 2. The molecule has 2 N–H and O–H groups in total. The van der Waals surface area contributed by atoms with E-state index >= 15 is 0 Å². The van der Waals surface area contributed by atoms with Gasteiger partial charge in [0.05, 0.1) is 0 Å². The van der Waals surface area contributed by atoms with Crippen molar-refractivity contribution in [2.24, 2.45) is 5.16 Å². The molecule has 106 valence electrons. The van der Waals surface area contributed by atoms with Crippen LogP contribution in [0.4, 0.5) is 5.13 Å². The van der Waals surface area contributed by atoms with Gasteiger partial charge in [0, 0.05) is 0 Å². The van der Waals surface area contributed by atoms with E-state index in [4.69, 9.17) is 21.5 Å². The number of carboxylic acid groups (broad SMARTS) is 1. The number of nitrogens with one attached hydrogen (secondary N) is 1. The van der Waals surface area contributed by atoms with E-state index in [0.717, 1.165) is 24.2 Å². The number of nitrogens with zero attached hydrogens (tertiary/aromatic N) is 2. The van der Waals surface area contributed by atoms with Gasteiger partial charge in [-0.25, -0.2) is 9.78 Å². The smallest absolute Gasteiger partial charge is 0.360 e. The minimum Gasteiger partial charge on any atom is -0.476 e. The molecule has 0 fully saturated rings. The van der Waals surface area contributed by atoms with Crippen LogP contribution < -0.4 is 5.32 Å². The molecule has 1 aromatic heterocycles. The average Bonchev–Trinajstić information content (AvgIpc) is 3.01. The Labute approximate surface area is 122 Å². The Morgan fingerprint density at radius 3 is 3.10 bits per heavy atom. The maximum absolute atomic E-state index is 11.2. The summed E-state index contributed by atoms with van der Waals surface area (Å²) in [4.78, 5) is 30.6. The molecular formula is C11H10ClN3O4S. The van der Waals surface area contributed by atoms with E-state index in [9.17, 15) is 9.59 Å². The minimum atomic E-state index is -1.31. The van der Waals surface area contributed by atoms with Gasteiger partial charge in [0.15, 0.2) is 5.13 Å².